The van der Waals surface area contributed by atoms with Gasteiger partial charge in [0.15, 0.2) is 5.82 Å². The fraction of sp³-hybridized carbons (Fsp3) is 0.471. The quantitative estimate of drug-likeness (QED) is 0.853. The Morgan fingerprint density at radius 1 is 1.35 bits per heavy atom. The summed E-state index contributed by atoms with van der Waals surface area (Å²) < 4.78 is 1.76. The molecule has 3 N–H and O–H groups in total. The van der Waals surface area contributed by atoms with Gasteiger partial charge < -0.3 is 11.1 Å². The number of nitrogens with zero attached hydrogens (tertiary/aromatic N) is 3. The molecule has 6 heteroatoms. The highest BCUT2D eigenvalue weighted by atomic mass is 16.1. The smallest absolute Gasteiger partial charge is 0.253 e. The van der Waals surface area contributed by atoms with Gasteiger partial charge in [-0.1, -0.05) is 13.8 Å². The molecule has 23 heavy (non-hydrogen) atoms. The number of nitrogens with one attached hydrogen (secondary N) is 1. The van der Waals surface area contributed by atoms with Gasteiger partial charge in [0.05, 0.1) is 11.3 Å². The van der Waals surface area contributed by atoms with Gasteiger partial charge in [0, 0.05) is 24.5 Å². The Hall–Kier alpha value is -2.21. The molecule has 0 aliphatic rings. The van der Waals surface area contributed by atoms with Gasteiger partial charge >= 0.3 is 0 Å². The molecule has 0 radical (unpaired) electrons. The number of hydrogen-bond acceptors (Lipinski definition) is 4. The van der Waals surface area contributed by atoms with E-state index < -0.39 is 0 Å². The van der Waals surface area contributed by atoms with E-state index in [1.807, 2.05) is 19.9 Å². The maximum atomic E-state index is 12.3. The molecule has 2 heterocycles. The summed E-state index contributed by atoms with van der Waals surface area (Å²) >= 11 is 0. The van der Waals surface area contributed by atoms with Crippen LogP contribution in [0.3, 0.4) is 0 Å². The Morgan fingerprint density at radius 2 is 2.09 bits per heavy atom. The monoisotopic (exact) mass is 315 g/mol. The zero-order chi connectivity index (χ0) is 17.0. The first kappa shape index (κ1) is 17.1. The van der Waals surface area contributed by atoms with Gasteiger partial charge in [-0.05, 0) is 44.4 Å². The molecule has 2 aromatic heterocycles. The van der Waals surface area contributed by atoms with Gasteiger partial charge in [-0.3, -0.25) is 4.79 Å². The van der Waals surface area contributed by atoms with E-state index in [0.717, 1.165) is 17.8 Å². The second-order valence-electron chi connectivity index (χ2n) is 6.28. The first-order valence-corrected chi connectivity index (χ1v) is 7.91. The average molecular weight is 315 g/mol. The fourth-order valence-corrected chi connectivity index (χ4v) is 2.56. The third-order valence-electron chi connectivity index (χ3n) is 3.61. The summed E-state index contributed by atoms with van der Waals surface area (Å²) in [5.74, 6) is 1.04. The highest BCUT2D eigenvalue weighted by Gasteiger charge is 2.14. The zero-order valence-corrected chi connectivity index (χ0v) is 14.2. The molecule has 0 aromatic carbocycles. The van der Waals surface area contributed by atoms with Crippen LogP contribution in [0.25, 0.3) is 5.82 Å². The van der Waals surface area contributed by atoms with E-state index in [4.69, 9.17) is 5.73 Å². The average Bonchev–Trinajstić information content (AvgIpc) is 2.84. The molecule has 0 saturated heterocycles. The van der Waals surface area contributed by atoms with Crippen molar-refractivity contribution in [3.8, 4) is 5.82 Å². The number of amides is 1. The van der Waals surface area contributed by atoms with Crippen molar-refractivity contribution in [1.29, 1.82) is 0 Å². The first-order chi connectivity index (χ1) is 10.9. The van der Waals surface area contributed by atoms with Crippen molar-refractivity contribution in [3.63, 3.8) is 0 Å². The number of aryl methyl sites for hydroxylation is 2. The fourth-order valence-electron chi connectivity index (χ4n) is 2.56. The summed E-state index contributed by atoms with van der Waals surface area (Å²) in [6.45, 7) is 8.56. The molecule has 0 aliphatic carbocycles. The van der Waals surface area contributed by atoms with Gasteiger partial charge in [-0.2, -0.15) is 5.10 Å². The highest BCUT2D eigenvalue weighted by Crippen LogP contribution is 2.11. The molecule has 1 atom stereocenters. The van der Waals surface area contributed by atoms with Gasteiger partial charge in [-0.15, -0.1) is 0 Å². The van der Waals surface area contributed by atoms with E-state index in [9.17, 15) is 4.79 Å². The lowest BCUT2D eigenvalue weighted by Gasteiger charge is -2.18. The Balaban J connectivity index is 2.09. The van der Waals surface area contributed by atoms with Crippen LogP contribution in [-0.2, 0) is 0 Å². The molecule has 0 saturated carbocycles. The summed E-state index contributed by atoms with van der Waals surface area (Å²) in [4.78, 5) is 16.6. The van der Waals surface area contributed by atoms with Crippen LogP contribution >= 0.6 is 0 Å². The van der Waals surface area contributed by atoms with Gasteiger partial charge in [0.1, 0.15) is 0 Å². The van der Waals surface area contributed by atoms with Crippen molar-refractivity contribution in [2.45, 2.75) is 40.2 Å². The third-order valence-corrected chi connectivity index (χ3v) is 3.61. The number of aromatic nitrogens is 3. The van der Waals surface area contributed by atoms with Crippen LogP contribution in [0.5, 0.6) is 0 Å². The topological polar surface area (TPSA) is 85.8 Å². The van der Waals surface area contributed by atoms with Crippen LogP contribution in [0.2, 0.25) is 0 Å². The van der Waals surface area contributed by atoms with Crippen LogP contribution in [0, 0.1) is 19.8 Å². The van der Waals surface area contributed by atoms with E-state index in [1.165, 1.54) is 0 Å². The van der Waals surface area contributed by atoms with Crippen LogP contribution in [0.1, 0.15) is 42.0 Å². The van der Waals surface area contributed by atoms with Crippen LogP contribution < -0.4 is 11.1 Å². The highest BCUT2D eigenvalue weighted by molar-refractivity contribution is 5.94. The summed E-state index contributed by atoms with van der Waals surface area (Å²) in [6.07, 6.45) is 2.43. The molecule has 2 aromatic rings. The number of nitrogens with two attached hydrogens (primary N) is 1. The largest absolute Gasteiger partial charge is 0.348 e. The Morgan fingerprint density at radius 3 is 2.57 bits per heavy atom. The van der Waals surface area contributed by atoms with E-state index in [0.29, 0.717) is 23.8 Å². The SMILES string of the molecule is Cc1cc(C)n(-c2ccc(C(=O)NC(CN)CC(C)C)cn2)n1. The second kappa shape index (κ2) is 7.37. The van der Waals surface area contributed by atoms with E-state index in [1.54, 1.807) is 23.0 Å². The Kier molecular flexibility index (Phi) is 5.50. The summed E-state index contributed by atoms with van der Waals surface area (Å²) in [5.41, 5.74) is 8.19. The summed E-state index contributed by atoms with van der Waals surface area (Å²) in [7, 11) is 0. The summed E-state index contributed by atoms with van der Waals surface area (Å²) in [5, 5.41) is 7.35. The molecule has 0 fully saturated rings. The normalized spacial score (nSPS) is 12.4. The van der Waals surface area contributed by atoms with Crippen molar-refractivity contribution in [2.75, 3.05) is 6.54 Å². The molecular formula is C17H25N5O. The van der Waals surface area contributed by atoms with Crippen molar-refractivity contribution in [1.82, 2.24) is 20.1 Å². The molecule has 1 unspecified atom stereocenters. The van der Waals surface area contributed by atoms with Crippen molar-refractivity contribution < 1.29 is 4.79 Å². The van der Waals surface area contributed by atoms with Crippen molar-refractivity contribution >= 4 is 5.91 Å². The Labute approximate surface area is 137 Å². The molecule has 0 spiro atoms. The lowest BCUT2D eigenvalue weighted by molar-refractivity contribution is 0.0933. The van der Waals surface area contributed by atoms with E-state index in [-0.39, 0.29) is 11.9 Å². The molecule has 6 nitrogen and oxygen atoms in total. The van der Waals surface area contributed by atoms with Gasteiger partial charge in [-0.25, -0.2) is 9.67 Å². The van der Waals surface area contributed by atoms with Crippen LogP contribution in [0.15, 0.2) is 24.4 Å². The number of pyridine rings is 1. The van der Waals surface area contributed by atoms with Crippen molar-refractivity contribution in [2.24, 2.45) is 11.7 Å². The van der Waals surface area contributed by atoms with E-state index >= 15 is 0 Å². The zero-order valence-electron chi connectivity index (χ0n) is 14.2. The van der Waals surface area contributed by atoms with Gasteiger partial charge in [0.25, 0.3) is 5.91 Å². The lowest BCUT2D eigenvalue weighted by atomic mass is 10.0. The molecule has 0 aliphatic heterocycles. The number of carbonyl (C=O) groups is 1. The van der Waals surface area contributed by atoms with E-state index in [2.05, 4.69) is 29.2 Å². The number of carbonyl (C=O) groups excluding carboxylic acids is 1. The maximum Gasteiger partial charge on any atom is 0.253 e. The third kappa shape index (κ3) is 4.39. The number of rotatable bonds is 6. The summed E-state index contributed by atoms with van der Waals surface area (Å²) in [6, 6.07) is 5.53. The van der Waals surface area contributed by atoms with Crippen molar-refractivity contribution in [3.05, 3.63) is 41.3 Å². The molecular weight excluding hydrogens is 290 g/mol. The lowest BCUT2D eigenvalue weighted by Crippen LogP contribution is -2.41. The first-order valence-electron chi connectivity index (χ1n) is 7.91. The second-order valence-corrected chi connectivity index (χ2v) is 6.28. The minimum atomic E-state index is -0.145. The van der Waals surface area contributed by atoms with Crippen LogP contribution in [0.4, 0.5) is 0 Å². The molecule has 2 rings (SSSR count). The van der Waals surface area contributed by atoms with Gasteiger partial charge in [0.2, 0.25) is 0 Å². The minimum absolute atomic E-state index is 0.0156. The number of hydrogen-bond donors (Lipinski definition) is 2. The minimum Gasteiger partial charge on any atom is -0.348 e. The molecule has 0 bridgehead atoms. The molecule has 124 valence electrons. The predicted octanol–water partition coefficient (Wildman–Crippen LogP) is 1.99. The standard InChI is InChI=1S/C17H25N5O/c1-11(2)7-15(9-18)20-17(23)14-5-6-16(19-10-14)22-13(4)8-12(3)21-22/h5-6,8,10-11,15H,7,9,18H2,1-4H3,(H,20,23). The maximum absolute atomic E-state index is 12.3. The Bertz CT molecular complexity index is 660. The molecule has 1 amide bonds. The predicted molar refractivity (Wildman–Crippen MR) is 90.6 cm³/mol. The van der Waals surface area contributed by atoms with Crippen LogP contribution in [-0.4, -0.2) is 33.3 Å².